The summed E-state index contributed by atoms with van der Waals surface area (Å²) in [4.78, 5) is 12.1. The number of hydrogen-bond donors (Lipinski definition) is 2. The highest BCUT2D eigenvalue weighted by atomic mass is 16.5. The first-order valence-corrected chi connectivity index (χ1v) is 8.03. The van der Waals surface area contributed by atoms with Crippen molar-refractivity contribution in [2.75, 3.05) is 12.4 Å². The number of methoxy groups -OCH3 is 1. The number of ether oxygens (including phenoxy) is 1. The number of amides is 1. The molecule has 0 heterocycles. The topological polar surface area (TPSA) is 74.2 Å². The molecule has 1 amide bonds. The number of nitrogens with one attached hydrogen (secondary N) is 2. The third-order valence-corrected chi connectivity index (χ3v) is 3.72. The third kappa shape index (κ3) is 5.40. The van der Waals surface area contributed by atoms with E-state index in [0.29, 0.717) is 6.54 Å². The lowest BCUT2D eigenvalue weighted by Gasteiger charge is -2.07. The monoisotopic (exact) mass is 335 g/mol. The molecule has 0 aliphatic rings. The smallest absolute Gasteiger partial charge is 0.263 e. The van der Waals surface area contributed by atoms with Crippen LogP contribution in [0.25, 0.3) is 0 Å². The first-order valence-electron chi connectivity index (χ1n) is 8.03. The number of benzene rings is 2. The zero-order valence-corrected chi connectivity index (χ0v) is 14.4. The van der Waals surface area contributed by atoms with Crippen molar-refractivity contribution in [1.29, 1.82) is 5.26 Å². The van der Waals surface area contributed by atoms with Crippen LogP contribution in [0, 0.1) is 11.3 Å². The van der Waals surface area contributed by atoms with E-state index in [1.807, 2.05) is 54.6 Å². The van der Waals surface area contributed by atoms with Gasteiger partial charge in [-0.05, 0) is 41.8 Å². The molecule has 0 spiro atoms. The second-order valence-electron chi connectivity index (χ2n) is 5.40. The van der Waals surface area contributed by atoms with Crippen molar-refractivity contribution in [3.8, 4) is 11.8 Å². The maximum atomic E-state index is 12.1. The lowest BCUT2D eigenvalue weighted by molar-refractivity contribution is -0.117. The quantitative estimate of drug-likeness (QED) is 0.601. The number of rotatable bonds is 7. The van der Waals surface area contributed by atoms with Crippen LogP contribution in [-0.2, 0) is 17.8 Å². The van der Waals surface area contributed by atoms with Gasteiger partial charge in [0.25, 0.3) is 5.91 Å². The largest absolute Gasteiger partial charge is 0.497 e. The Morgan fingerprint density at radius 2 is 1.76 bits per heavy atom. The summed E-state index contributed by atoms with van der Waals surface area (Å²) < 4.78 is 5.09. The van der Waals surface area contributed by atoms with Crippen LogP contribution in [-0.4, -0.2) is 13.0 Å². The average Bonchev–Trinajstić information content (AvgIpc) is 2.67. The molecule has 5 heteroatoms. The summed E-state index contributed by atoms with van der Waals surface area (Å²) in [7, 11) is 1.60. The molecule has 0 fully saturated rings. The van der Waals surface area contributed by atoms with Crippen LogP contribution >= 0.6 is 0 Å². The zero-order valence-electron chi connectivity index (χ0n) is 14.4. The van der Waals surface area contributed by atoms with Crippen molar-refractivity contribution in [3.05, 3.63) is 71.4 Å². The van der Waals surface area contributed by atoms with Crippen LogP contribution in [0.15, 0.2) is 60.3 Å². The van der Waals surface area contributed by atoms with Gasteiger partial charge in [-0.25, -0.2) is 0 Å². The van der Waals surface area contributed by atoms with Crippen molar-refractivity contribution < 1.29 is 9.53 Å². The molecule has 0 aliphatic heterocycles. The number of carbonyl (C=O) groups excluding carboxylic acids is 1. The molecule has 0 bridgehead atoms. The van der Waals surface area contributed by atoms with Crippen molar-refractivity contribution in [2.24, 2.45) is 0 Å². The van der Waals surface area contributed by atoms with E-state index >= 15 is 0 Å². The minimum Gasteiger partial charge on any atom is -0.497 e. The molecule has 25 heavy (non-hydrogen) atoms. The Kier molecular flexibility index (Phi) is 6.61. The maximum Gasteiger partial charge on any atom is 0.263 e. The molecular formula is C20H21N3O2. The van der Waals surface area contributed by atoms with Crippen LogP contribution in [0.2, 0.25) is 0 Å². The highest BCUT2D eigenvalue weighted by Gasteiger charge is 2.08. The summed E-state index contributed by atoms with van der Waals surface area (Å²) in [5.74, 6) is 0.335. The molecule has 0 saturated heterocycles. The van der Waals surface area contributed by atoms with Gasteiger partial charge in [-0.15, -0.1) is 0 Å². The number of carbonyl (C=O) groups is 1. The van der Waals surface area contributed by atoms with Gasteiger partial charge in [0, 0.05) is 18.4 Å². The highest BCUT2D eigenvalue weighted by Crippen LogP contribution is 2.12. The highest BCUT2D eigenvalue weighted by molar-refractivity contribution is 5.97. The van der Waals surface area contributed by atoms with Crippen LogP contribution in [0.4, 0.5) is 5.69 Å². The predicted octanol–water partition coefficient (Wildman–Crippen LogP) is 3.39. The van der Waals surface area contributed by atoms with Gasteiger partial charge in [-0.1, -0.05) is 31.2 Å². The van der Waals surface area contributed by atoms with Gasteiger partial charge in [0.2, 0.25) is 0 Å². The standard InChI is InChI=1S/C20H21N3O2/c1-3-15-4-8-18(9-5-15)22-14-17(12-21)20(24)23-13-16-6-10-19(25-2)11-7-16/h4-11,14,22H,3,13H2,1-2H3,(H,23,24)/b17-14-. The van der Waals surface area contributed by atoms with E-state index < -0.39 is 5.91 Å². The number of hydrogen-bond acceptors (Lipinski definition) is 4. The molecule has 0 unspecified atom stereocenters. The summed E-state index contributed by atoms with van der Waals surface area (Å²) in [5.41, 5.74) is 3.00. The second kappa shape index (κ2) is 9.14. The lowest BCUT2D eigenvalue weighted by atomic mass is 10.1. The Labute approximate surface area is 147 Å². The molecule has 0 saturated carbocycles. The fourth-order valence-electron chi connectivity index (χ4n) is 2.16. The van der Waals surface area contributed by atoms with Crippen molar-refractivity contribution in [3.63, 3.8) is 0 Å². The van der Waals surface area contributed by atoms with Crippen LogP contribution < -0.4 is 15.4 Å². The molecule has 0 aromatic heterocycles. The molecule has 0 aliphatic carbocycles. The van der Waals surface area contributed by atoms with Crippen molar-refractivity contribution in [2.45, 2.75) is 19.9 Å². The Balaban J connectivity index is 1.93. The van der Waals surface area contributed by atoms with Crippen LogP contribution in [0.5, 0.6) is 5.75 Å². The molecule has 2 N–H and O–H groups in total. The van der Waals surface area contributed by atoms with Gasteiger partial charge >= 0.3 is 0 Å². The van der Waals surface area contributed by atoms with E-state index in [-0.39, 0.29) is 5.57 Å². The second-order valence-corrected chi connectivity index (χ2v) is 5.40. The summed E-state index contributed by atoms with van der Waals surface area (Å²) in [5, 5.41) is 14.9. The summed E-state index contributed by atoms with van der Waals surface area (Å²) in [6.07, 6.45) is 2.39. The summed E-state index contributed by atoms with van der Waals surface area (Å²) >= 11 is 0. The first-order chi connectivity index (χ1) is 12.2. The lowest BCUT2D eigenvalue weighted by Crippen LogP contribution is -2.24. The van der Waals surface area contributed by atoms with Gasteiger partial charge < -0.3 is 15.4 Å². The molecule has 2 aromatic carbocycles. The third-order valence-electron chi connectivity index (χ3n) is 3.72. The summed E-state index contributed by atoms with van der Waals surface area (Å²) in [6, 6.07) is 17.1. The Hall–Kier alpha value is -3.26. The Morgan fingerprint density at radius 3 is 2.32 bits per heavy atom. The molecule has 0 radical (unpaired) electrons. The van der Waals surface area contributed by atoms with Crippen LogP contribution in [0.1, 0.15) is 18.1 Å². The Bertz CT molecular complexity index is 772. The van der Waals surface area contributed by atoms with Crippen molar-refractivity contribution >= 4 is 11.6 Å². The van der Waals surface area contributed by atoms with Gasteiger partial charge in [0.15, 0.2) is 0 Å². The van der Waals surface area contributed by atoms with E-state index in [0.717, 1.165) is 23.4 Å². The molecule has 128 valence electrons. The minimum atomic E-state index is -0.420. The van der Waals surface area contributed by atoms with Gasteiger partial charge in [0.05, 0.1) is 7.11 Å². The minimum absolute atomic E-state index is 0.0214. The normalized spacial score (nSPS) is 10.7. The fraction of sp³-hybridized carbons (Fsp3) is 0.200. The average molecular weight is 335 g/mol. The van der Waals surface area contributed by atoms with Crippen LogP contribution in [0.3, 0.4) is 0 Å². The van der Waals surface area contributed by atoms with E-state index in [2.05, 4.69) is 17.6 Å². The number of nitrogens with zero attached hydrogens (tertiary/aromatic N) is 1. The van der Waals surface area contributed by atoms with E-state index in [1.54, 1.807) is 7.11 Å². The summed E-state index contributed by atoms with van der Waals surface area (Å²) in [6.45, 7) is 2.43. The zero-order chi connectivity index (χ0) is 18.1. The Morgan fingerprint density at radius 1 is 1.12 bits per heavy atom. The molecule has 0 atom stereocenters. The molecule has 2 rings (SSSR count). The van der Waals surface area contributed by atoms with E-state index in [9.17, 15) is 10.1 Å². The maximum absolute atomic E-state index is 12.1. The molecular weight excluding hydrogens is 314 g/mol. The molecule has 2 aromatic rings. The number of anilines is 1. The first kappa shape index (κ1) is 18.1. The number of aryl methyl sites for hydroxylation is 1. The predicted molar refractivity (Wildman–Crippen MR) is 98.0 cm³/mol. The van der Waals surface area contributed by atoms with Gasteiger partial charge in [0.1, 0.15) is 17.4 Å². The SMILES string of the molecule is CCc1ccc(N/C=C(/C#N)C(=O)NCc2ccc(OC)cc2)cc1. The number of nitriles is 1. The van der Waals surface area contributed by atoms with Gasteiger partial charge in [-0.3, -0.25) is 4.79 Å². The van der Waals surface area contributed by atoms with E-state index in [4.69, 9.17) is 4.74 Å². The molecule has 5 nitrogen and oxygen atoms in total. The fourth-order valence-corrected chi connectivity index (χ4v) is 2.16. The van der Waals surface area contributed by atoms with Gasteiger partial charge in [-0.2, -0.15) is 5.26 Å². The van der Waals surface area contributed by atoms with Crippen molar-refractivity contribution in [1.82, 2.24) is 5.32 Å². The van der Waals surface area contributed by atoms with E-state index in [1.165, 1.54) is 11.8 Å².